The van der Waals surface area contributed by atoms with Crippen molar-refractivity contribution in [2.45, 2.75) is 83.0 Å². The van der Waals surface area contributed by atoms with Gasteiger partial charge in [0.2, 0.25) is 5.91 Å². The van der Waals surface area contributed by atoms with Gasteiger partial charge in [-0.25, -0.2) is 4.79 Å². The molecule has 3 fully saturated rings. The van der Waals surface area contributed by atoms with Crippen LogP contribution in [0.15, 0.2) is 42.5 Å². The first-order valence-corrected chi connectivity index (χ1v) is 13.8. The third-order valence-electron chi connectivity index (χ3n) is 7.98. The third-order valence-corrected chi connectivity index (χ3v) is 7.98. The summed E-state index contributed by atoms with van der Waals surface area (Å²) >= 11 is 0. The molecule has 3 aliphatic heterocycles. The van der Waals surface area contributed by atoms with Gasteiger partial charge in [-0.1, -0.05) is 36.4 Å². The van der Waals surface area contributed by atoms with Crippen molar-refractivity contribution in [1.82, 2.24) is 15.5 Å². The number of carbonyl (C=O) groups excluding carboxylic acids is 3. The number of rotatable bonds is 5. The smallest absolute Gasteiger partial charge is 0.411 e. The summed E-state index contributed by atoms with van der Waals surface area (Å²) in [4.78, 5) is 40.2. The zero-order valence-corrected chi connectivity index (χ0v) is 22.8. The Balaban J connectivity index is 1.26. The molecule has 0 aromatic heterocycles. The molecular formula is C31H36N4O4. The largest absolute Gasteiger partial charge is 0.444 e. The number of nitrogens with one attached hydrogen (secondary N) is 2. The lowest BCUT2D eigenvalue weighted by Crippen LogP contribution is -2.64. The Bertz CT molecular complexity index is 1300. The second-order valence-electron chi connectivity index (χ2n) is 11.9. The predicted molar refractivity (Wildman–Crippen MR) is 147 cm³/mol. The maximum Gasteiger partial charge on any atom is 0.411 e. The highest BCUT2D eigenvalue weighted by Crippen LogP contribution is 2.40. The lowest BCUT2D eigenvalue weighted by Gasteiger charge is -2.50. The van der Waals surface area contributed by atoms with E-state index in [0.29, 0.717) is 13.0 Å². The van der Waals surface area contributed by atoms with Gasteiger partial charge >= 0.3 is 6.09 Å². The first-order valence-electron chi connectivity index (χ1n) is 13.8. The van der Waals surface area contributed by atoms with Crippen LogP contribution < -0.4 is 10.6 Å². The summed E-state index contributed by atoms with van der Waals surface area (Å²) in [5.41, 5.74) is 4.11. The molecule has 2 bridgehead atoms. The minimum atomic E-state index is -0.716. The maximum absolute atomic E-state index is 13.5. The van der Waals surface area contributed by atoms with E-state index >= 15 is 0 Å². The van der Waals surface area contributed by atoms with Gasteiger partial charge in [-0.15, -0.1) is 0 Å². The second-order valence-corrected chi connectivity index (χ2v) is 11.9. The van der Waals surface area contributed by atoms with Crippen molar-refractivity contribution in [3.8, 4) is 17.2 Å². The van der Waals surface area contributed by atoms with Crippen LogP contribution in [0.5, 0.6) is 0 Å². The van der Waals surface area contributed by atoms with E-state index < -0.39 is 23.8 Å². The molecular weight excluding hydrogens is 492 g/mol. The van der Waals surface area contributed by atoms with Gasteiger partial charge in [-0.2, -0.15) is 5.26 Å². The molecule has 2 saturated heterocycles. The number of hydrogen-bond acceptors (Lipinski definition) is 5. The van der Waals surface area contributed by atoms with E-state index in [1.165, 1.54) is 0 Å². The monoisotopic (exact) mass is 528 g/mol. The Hall–Kier alpha value is -3.86. The molecule has 3 amide bonds. The summed E-state index contributed by atoms with van der Waals surface area (Å²) < 4.78 is 5.64. The van der Waals surface area contributed by atoms with Gasteiger partial charge in [0.1, 0.15) is 17.7 Å². The molecule has 6 rings (SSSR count). The average Bonchev–Trinajstić information content (AvgIpc) is 2.92. The molecule has 0 spiro atoms. The molecule has 2 aromatic rings. The molecule has 2 aromatic carbocycles. The Kier molecular flexibility index (Phi) is 7.35. The number of piperidine rings is 2. The summed E-state index contributed by atoms with van der Waals surface area (Å²) in [6.45, 7) is 6.11. The van der Waals surface area contributed by atoms with Gasteiger partial charge in [0.05, 0.1) is 6.07 Å². The van der Waals surface area contributed by atoms with Crippen LogP contribution in [0.25, 0.3) is 11.1 Å². The van der Waals surface area contributed by atoms with E-state index in [-0.39, 0.29) is 23.8 Å². The third kappa shape index (κ3) is 5.78. The van der Waals surface area contributed by atoms with E-state index in [9.17, 15) is 19.6 Å². The number of fused-ring (bicyclic) bond motifs is 4. The molecule has 1 aliphatic carbocycles. The summed E-state index contributed by atoms with van der Waals surface area (Å²) in [7, 11) is 0. The van der Waals surface area contributed by atoms with E-state index in [4.69, 9.17) is 4.74 Å². The minimum Gasteiger partial charge on any atom is -0.444 e. The fourth-order valence-electron chi connectivity index (χ4n) is 6.13. The first-order chi connectivity index (χ1) is 18.6. The number of ether oxygens (including phenoxy) is 1. The standard InChI is InChI=1S/C31H36N4O4/c1-31(2,3)39-30(38)35-25-11-8-21(9-12-25)27(35)29(37)34-24(18-32)16-19-4-6-20(7-5-19)22-10-13-26-23(17-22)14-15-33-28(26)36/h4-7,10,13,17,21,24-25,27H,8-9,11-12,14-16H2,1-3H3,(H,33,36)(H,34,37). The number of carbonyl (C=O) groups is 3. The van der Waals surface area contributed by atoms with Crippen molar-refractivity contribution >= 4 is 17.9 Å². The van der Waals surface area contributed by atoms with Crippen molar-refractivity contribution in [1.29, 1.82) is 5.26 Å². The summed E-state index contributed by atoms with van der Waals surface area (Å²) in [5, 5.41) is 15.6. The van der Waals surface area contributed by atoms with Crippen molar-refractivity contribution in [3.63, 3.8) is 0 Å². The fourth-order valence-corrected chi connectivity index (χ4v) is 6.13. The van der Waals surface area contributed by atoms with Gasteiger partial charge in [0.15, 0.2) is 0 Å². The SMILES string of the molecule is CC(C)(C)OC(=O)N1C2CCC(CC2)C1C(=O)NC(C#N)Cc1ccc(-c2ccc3c(c2)CCNC3=O)cc1. The van der Waals surface area contributed by atoms with Gasteiger partial charge in [-0.3, -0.25) is 14.5 Å². The number of benzene rings is 2. The predicted octanol–water partition coefficient (Wildman–Crippen LogP) is 4.37. The highest BCUT2D eigenvalue weighted by Gasteiger charge is 2.49. The zero-order valence-electron chi connectivity index (χ0n) is 22.8. The van der Waals surface area contributed by atoms with E-state index in [1.807, 2.05) is 57.2 Å². The highest BCUT2D eigenvalue weighted by atomic mass is 16.6. The topological polar surface area (TPSA) is 112 Å². The number of hydrogen-bond donors (Lipinski definition) is 2. The molecule has 8 nitrogen and oxygen atoms in total. The second kappa shape index (κ2) is 10.7. The summed E-state index contributed by atoms with van der Waals surface area (Å²) in [5.74, 6) is -0.238. The molecule has 8 heteroatoms. The van der Waals surface area contributed by atoms with Crippen LogP contribution in [0.4, 0.5) is 4.79 Å². The molecule has 4 aliphatic rings. The Labute approximate surface area is 229 Å². The number of nitrogens with zero attached hydrogens (tertiary/aromatic N) is 2. The number of nitriles is 1. The molecule has 2 N–H and O–H groups in total. The molecule has 2 atom stereocenters. The maximum atomic E-state index is 13.5. The van der Waals surface area contributed by atoms with Crippen LogP contribution in [-0.4, -0.2) is 53.1 Å². The quantitative estimate of drug-likeness (QED) is 0.599. The van der Waals surface area contributed by atoms with E-state index in [1.54, 1.807) is 4.90 Å². The van der Waals surface area contributed by atoms with Gasteiger partial charge in [0.25, 0.3) is 5.91 Å². The average molecular weight is 529 g/mol. The molecule has 2 unspecified atom stereocenters. The lowest BCUT2D eigenvalue weighted by molar-refractivity contribution is -0.135. The van der Waals surface area contributed by atoms with Crippen molar-refractivity contribution in [2.75, 3.05) is 6.54 Å². The van der Waals surface area contributed by atoms with Crippen LogP contribution >= 0.6 is 0 Å². The Morgan fingerprint density at radius 3 is 2.46 bits per heavy atom. The highest BCUT2D eigenvalue weighted by molar-refractivity contribution is 5.97. The molecule has 204 valence electrons. The minimum absolute atomic E-state index is 0.00772. The van der Waals surface area contributed by atoms with Crippen molar-refractivity contribution in [3.05, 3.63) is 59.2 Å². The van der Waals surface area contributed by atoms with E-state index in [2.05, 4.69) is 22.8 Å². The first kappa shape index (κ1) is 26.7. The summed E-state index contributed by atoms with van der Waals surface area (Å²) in [6, 6.07) is 14.7. The van der Waals surface area contributed by atoms with Crippen molar-refractivity contribution in [2.24, 2.45) is 5.92 Å². The normalized spacial score (nSPS) is 22.8. The Morgan fingerprint density at radius 1 is 1.10 bits per heavy atom. The van der Waals surface area contributed by atoms with Crippen LogP contribution in [0.1, 0.15) is 67.9 Å². The van der Waals surface area contributed by atoms with Crippen LogP contribution in [0.3, 0.4) is 0 Å². The van der Waals surface area contributed by atoms with Crippen LogP contribution in [0.2, 0.25) is 0 Å². The Morgan fingerprint density at radius 2 is 1.79 bits per heavy atom. The number of amides is 3. The van der Waals surface area contributed by atoms with Crippen LogP contribution in [0, 0.1) is 17.2 Å². The van der Waals surface area contributed by atoms with Gasteiger partial charge in [0, 0.05) is 24.6 Å². The fraction of sp³-hybridized carbons (Fsp3) is 0.484. The van der Waals surface area contributed by atoms with Gasteiger partial charge < -0.3 is 15.4 Å². The van der Waals surface area contributed by atoms with Crippen LogP contribution in [-0.2, 0) is 22.4 Å². The summed E-state index contributed by atoms with van der Waals surface area (Å²) in [6.07, 6.45) is 4.26. The molecule has 39 heavy (non-hydrogen) atoms. The molecule has 1 saturated carbocycles. The van der Waals surface area contributed by atoms with Gasteiger partial charge in [-0.05, 0) is 87.1 Å². The zero-order chi connectivity index (χ0) is 27.7. The van der Waals surface area contributed by atoms with E-state index in [0.717, 1.165) is 59.9 Å². The van der Waals surface area contributed by atoms with Crippen molar-refractivity contribution < 1.29 is 19.1 Å². The molecule has 3 heterocycles. The lowest BCUT2D eigenvalue weighted by atomic mass is 9.74. The molecule has 0 radical (unpaired) electrons.